The van der Waals surface area contributed by atoms with Crippen LogP contribution in [0.3, 0.4) is 0 Å². The van der Waals surface area contributed by atoms with Gasteiger partial charge in [0.2, 0.25) is 5.78 Å². The molecule has 0 spiro atoms. The number of carbonyl (C=O) groups is 1. The van der Waals surface area contributed by atoms with E-state index in [0.29, 0.717) is 5.56 Å². The molecule has 2 aromatic rings. The monoisotopic (exact) mass is 250 g/mol. The highest BCUT2D eigenvalue weighted by molar-refractivity contribution is 7.09. The van der Waals surface area contributed by atoms with E-state index in [1.165, 1.54) is 11.3 Å². The molecule has 1 heterocycles. The smallest absolute Gasteiger partial charge is 0.263 e. The maximum atomic E-state index is 13.5. The lowest BCUT2D eigenvalue weighted by atomic mass is 10.1. The molecule has 4 heteroatoms. The summed E-state index contributed by atoms with van der Waals surface area (Å²) in [6.45, 7) is 0.122. The minimum Gasteiger partial charge on any atom is -0.336 e. The van der Waals surface area contributed by atoms with Gasteiger partial charge in [-0.3, -0.25) is 4.79 Å². The number of ketones is 1. The van der Waals surface area contributed by atoms with Crippen LogP contribution in [-0.4, -0.2) is 12.1 Å². The van der Waals surface area contributed by atoms with Crippen molar-refractivity contribution in [2.75, 3.05) is 0 Å². The Morgan fingerprint density at radius 2 is 2.00 bits per heavy atom. The van der Waals surface area contributed by atoms with Crippen molar-refractivity contribution in [1.82, 2.24) is 0 Å². The highest BCUT2D eigenvalue weighted by atomic mass is 32.1. The summed E-state index contributed by atoms with van der Waals surface area (Å²) in [6, 6.07) is 12.0. The first-order chi connectivity index (χ1) is 8.27. The van der Waals surface area contributed by atoms with Crippen LogP contribution >= 0.6 is 11.3 Å². The fraction of sp³-hybridized carbons (Fsp3) is 0.154. The predicted octanol–water partition coefficient (Wildman–Crippen LogP) is 3.44. The Labute approximate surface area is 103 Å². The molecule has 2 nitrogen and oxygen atoms in total. The summed E-state index contributed by atoms with van der Waals surface area (Å²) in [5, 5.41) is 1.88. The van der Waals surface area contributed by atoms with Crippen molar-refractivity contribution >= 4 is 17.1 Å². The first-order valence-corrected chi connectivity index (χ1v) is 6.02. The Balaban J connectivity index is 1.92. The molecule has 88 valence electrons. The maximum absolute atomic E-state index is 13.5. The van der Waals surface area contributed by atoms with Crippen molar-refractivity contribution in [3.05, 3.63) is 58.3 Å². The zero-order chi connectivity index (χ0) is 12.1. The Hall–Kier alpha value is -1.52. The number of alkyl halides is 1. The van der Waals surface area contributed by atoms with E-state index < -0.39 is 12.1 Å². The second kappa shape index (κ2) is 5.70. The van der Waals surface area contributed by atoms with Gasteiger partial charge in [-0.25, -0.2) is 4.39 Å². The van der Waals surface area contributed by atoms with Crippen LogP contribution in [-0.2, 0) is 11.3 Å². The SMILES string of the molecule is O=C(c1ccccc1)[C@H](F)OCc1cccs1. The number of thiophene rings is 1. The van der Waals surface area contributed by atoms with Crippen LogP contribution in [0.2, 0.25) is 0 Å². The predicted molar refractivity (Wildman–Crippen MR) is 64.8 cm³/mol. The quantitative estimate of drug-likeness (QED) is 0.760. The summed E-state index contributed by atoms with van der Waals surface area (Å²) in [4.78, 5) is 12.5. The molecule has 0 radical (unpaired) electrons. The molecule has 1 atom stereocenters. The van der Waals surface area contributed by atoms with Crippen molar-refractivity contribution < 1.29 is 13.9 Å². The molecule has 0 N–H and O–H groups in total. The Morgan fingerprint density at radius 1 is 1.24 bits per heavy atom. The average Bonchev–Trinajstić information content (AvgIpc) is 2.89. The summed E-state index contributed by atoms with van der Waals surface area (Å²) in [7, 11) is 0. The van der Waals surface area contributed by atoms with Gasteiger partial charge in [-0.05, 0) is 11.4 Å². The van der Waals surface area contributed by atoms with E-state index in [1.807, 2.05) is 17.5 Å². The first kappa shape index (κ1) is 12.0. The van der Waals surface area contributed by atoms with Crippen LogP contribution in [0.1, 0.15) is 15.2 Å². The lowest BCUT2D eigenvalue weighted by Crippen LogP contribution is -2.19. The van der Waals surface area contributed by atoms with Gasteiger partial charge in [0, 0.05) is 10.4 Å². The number of hydrogen-bond donors (Lipinski definition) is 0. The molecule has 0 saturated carbocycles. The van der Waals surface area contributed by atoms with E-state index in [4.69, 9.17) is 4.74 Å². The molecule has 17 heavy (non-hydrogen) atoms. The van der Waals surface area contributed by atoms with Gasteiger partial charge in [0.05, 0.1) is 6.61 Å². The van der Waals surface area contributed by atoms with Gasteiger partial charge in [0.15, 0.2) is 0 Å². The number of Topliss-reactive ketones (excluding diaryl/α,β-unsaturated/α-hetero) is 1. The van der Waals surface area contributed by atoms with Gasteiger partial charge < -0.3 is 4.74 Å². The minimum absolute atomic E-state index is 0.122. The van der Waals surface area contributed by atoms with Crippen LogP contribution in [0.25, 0.3) is 0 Å². The van der Waals surface area contributed by atoms with E-state index in [1.54, 1.807) is 30.3 Å². The highest BCUT2D eigenvalue weighted by Crippen LogP contribution is 2.13. The summed E-state index contributed by atoms with van der Waals surface area (Å²) in [6.07, 6.45) is -1.90. The number of benzene rings is 1. The molecule has 0 amide bonds. The van der Waals surface area contributed by atoms with E-state index in [2.05, 4.69) is 0 Å². The zero-order valence-corrected chi connectivity index (χ0v) is 9.82. The fourth-order valence-corrected chi connectivity index (χ4v) is 1.98. The zero-order valence-electron chi connectivity index (χ0n) is 9.01. The molecule has 0 aliphatic heterocycles. The minimum atomic E-state index is -1.90. The summed E-state index contributed by atoms with van der Waals surface area (Å²) >= 11 is 1.47. The van der Waals surface area contributed by atoms with E-state index in [0.717, 1.165) is 4.88 Å². The third-order valence-electron chi connectivity index (χ3n) is 2.22. The molecule has 0 aliphatic carbocycles. The molecular formula is C13H11FO2S. The van der Waals surface area contributed by atoms with Crippen LogP contribution in [0.4, 0.5) is 4.39 Å². The van der Waals surface area contributed by atoms with Gasteiger partial charge in [0.25, 0.3) is 6.36 Å². The highest BCUT2D eigenvalue weighted by Gasteiger charge is 2.19. The van der Waals surface area contributed by atoms with Gasteiger partial charge in [-0.2, -0.15) is 0 Å². The van der Waals surface area contributed by atoms with Crippen molar-refractivity contribution in [2.45, 2.75) is 13.0 Å². The number of ether oxygens (including phenoxy) is 1. The second-order valence-corrected chi connectivity index (χ2v) is 4.47. The third kappa shape index (κ3) is 3.22. The van der Waals surface area contributed by atoms with E-state index in [-0.39, 0.29) is 6.61 Å². The molecule has 0 saturated heterocycles. The maximum Gasteiger partial charge on any atom is 0.263 e. The fourth-order valence-electron chi connectivity index (χ4n) is 1.36. The standard InChI is InChI=1S/C13H11FO2S/c14-13(16-9-11-7-4-8-17-11)12(15)10-5-2-1-3-6-10/h1-8,13H,9H2/t13-/m1/s1. The number of rotatable bonds is 5. The molecular weight excluding hydrogens is 239 g/mol. The van der Waals surface area contributed by atoms with E-state index in [9.17, 15) is 9.18 Å². The normalized spacial score (nSPS) is 12.3. The summed E-state index contributed by atoms with van der Waals surface area (Å²) in [5.74, 6) is -0.637. The van der Waals surface area contributed by atoms with Crippen LogP contribution < -0.4 is 0 Å². The largest absolute Gasteiger partial charge is 0.336 e. The number of halogens is 1. The molecule has 2 rings (SSSR count). The van der Waals surface area contributed by atoms with Gasteiger partial charge in [0.1, 0.15) is 0 Å². The van der Waals surface area contributed by atoms with Gasteiger partial charge in [-0.15, -0.1) is 11.3 Å². The van der Waals surface area contributed by atoms with Crippen molar-refractivity contribution in [3.8, 4) is 0 Å². The topological polar surface area (TPSA) is 26.3 Å². The molecule has 0 unspecified atom stereocenters. The molecule has 0 bridgehead atoms. The average molecular weight is 250 g/mol. The number of carbonyl (C=O) groups excluding carboxylic acids is 1. The summed E-state index contributed by atoms with van der Waals surface area (Å²) in [5.41, 5.74) is 0.325. The Morgan fingerprint density at radius 3 is 2.65 bits per heavy atom. The summed E-state index contributed by atoms with van der Waals surface area (Å²) < 4.78 is 18.4. The van der Waals surface area contributed by atoms with Crippen molar-refractivity contribution in [1.29, 1.82) is 0 Å². The van der Waals surface area contributed by atoms with E-state index >= 15 is 0 Å². The Bertz CT molecular complexity index is 467. The molecule has 0 aliphatic rings. The van der Waals surface area contributed by atoms with Crippen LogP contribution in [0.15, 0.2) is 47.8 Å². The van der Waals surface area contributed by atoms with Crippen LogP contribution in [0.5, 0.6) is 0 Å². The van der Waals surface area contributed by atoms with Crippen molar-refractivity contribution in [3.63, 3.8) is 0 Å². The third-order valence-corrected chi connectivity index (χ3v) is 3.07. The van der Waals surface area contributed by atoms with Gasteiger partial charge >= 0.3 is 0 Å². The lowest BCUT2D eigenvalue weighted by Gasteiger charge is -2.07. The Kier molecular flexibility index (Phi) is 4.01. The molecule has 1 aromatic heterocycles. The molecule has 0 fully saturated rings. The second-order valence-electron chi connectivity index (χ2n) is 3.44. The molecule has 1 aromatic carbocycles. The number of hydrogen-bond acceptors (Lipinski definition) is 3. The lowest BCUT2D eigenvalue weighted by molar-refractivity contribution is -0.0285. The van der Waals surface area contributed by atoms with Crippen molar-refractivity contribution in [2.24, 2.45) is 0 Å². The van der Waals surface area contributed by atoms with Crippen LogP contribution in [0, 0.1) is 0 Å². The first-order valence-electron chi connectivity index (χ1n) is 5.14. The van der Waals surface area contributed by atoms with Gasteiger partial charge in [-0.1, -0.05) is 36.4 Å².